The molecule has 0 aromatic heterocycles. The fraction of sp³-hybridized carbons (Fsp3) is 0.733. The van der Waals surface area contributed by atoms with Gasteiger partial charge in [-0.3, -0.25) is 0 Å². The molecule has 2 aliphatic rings. The van der Waals surface area contributed by atoms with E-state index in [1.165, 1.54) is 6.08 Å². The maximum Gasteiger partial charge on any atom is 0.338 e. The number of carbonyl (C=O) groups is 2. The first kappa shape index (κ1) is 25.3. The molecule has 2 rings (SSSR count). The number of rotatable bonds is 4. The van der Waals surface area contributed by atoms with E-state index >= 15 is 0 Å². The van der Waals surface area contributed by atoms with Gasteiger partial charge in [-0.15, -0.1) is 0 Å². The number of esters is 1. The van der Waals surface area contributed by atoms with Crippen LogP contribution in [-0.2, 0) is 23.8 Å². The van der Waals surface area contributed by atoms with Crippen molar-refractivity contribution in [1.29, 1.82) is 0 Å². The molecule has 0 aliphatic carbocycles. The Bertz CT molecular complexity index is 569. The second-order valence-electron chi connectivity index (χ2n) is 6.10. The number of carbonyl (C=O) groups excluding carboxylic acids is 1. The maximum atomic E-state index is 11.3. The van der Waals surface area contributed by atoms with Crippen molar-refractivity contribution in [3.63, 3.8) is 0 Å². The van der Waals surface area contributed by atoms with Crippen molar-refractivity contribution in [2.24, 2.45) is 0 Å². The molecule has 0 saturated carbocycles. The van der Waals surface area contributed by atoms with Crippen LogP contribution >= 0.6 is 0 Å². The van der Waals surface area contributed by atoms with Gasteiger partial charge in [-0.1, -0.05) is 12.7 Å². The van der Waals surface area contributed by atoms with Gasteiger partial charge in [0.15, 0.2) is 24.8 Å². The Labute approximate surface area is 163 Å². The molecule has 10 atom stereocenters. The summed E-state index contributed by atoms with van der Waals surface area (Å²) in [5, 5.41) is 81.4. The normalized spacial score (nSPS) is 42.2. The molecule has 0 aromatic rings. The minimum atomic E-state index is -1.81. The predicted octanol–water partition coefficient (Wildman–Crippen LogP) is -5.61. The van der Waals surface area contributed by atoms with E-state index in [1.807, 2.05) is 0 Å². The van der Waals surface area contributed by atoms with Crippen LogP contribution in [0.3, 0.4) is 0 Å². The highest BCUT2D eigenvalue weighted by molar-refractivity contribution is 5.76. The summed E-state index contributed by atoms with van der Waals surface area (Å²) >= 11 is 0. The Morgan fingerprint density at radius 1 is 0.759 bits per heavy atom. The van der Waals surface area contributed by atoms with Crippen LogP contribution in [0.1, 0.15) is 0 Å². The third-order valence-corrected chi connectivity index (χ3v) is 4.00. The lowest BCUT2D eigenvalue weighted by Gasteiger charge is -2.36. The summed E-state index contributed by atoms with van der Waals surface area (Å²) in [6.45, 7) is 3.24. The monoisotopic (exact) mass is 428 g/mol. The Morgan fingerprint density at radius 2 is 1.17 bits per heavy atom. The standard InChI is InChI=1S/C9H14O7.C6H10O7/c1-2-3-15-9(14)7-5(11)4(10)6(12)8(13)16-7;7-1-2(8)4(5(10)11)13-6(12)3(1)9/h2,4-8,10-13H,1,3H2;1-4,6-9,12H,(H,10,11)/t4-,5-,6+,7-,8?;1-,2-,3+,4-,6?/m00/s1. The number of hydrogen-bond acceptors (Lipinski definition) is 13. The van der Waals surface area contributed by atoms with Crippen molar-refractivity contribution in [2.75, 3.05) is 6.61 Å². The summed E-state index contributed by atoms with van der Waals surface area (Å²) in [5.41, 5.74) is 0. The van der Waals surface area contributed by atoms with Gasteiger partial charge in [0.1, 0.15) is 43.2 Å². The fourth-order valence-corrected chi connectivity index (χ4v) is 2.34. The van der Waals surface area contributed by atoms with Crippen molar-refractivity contribution in [3.05, 3.63) is 12.7 Å². The molecule has 9 N–H and O–H groups in total. The average molecular weight is 428 g/mol. The summed E-state index contributed by atoms with van der Waals surface area (Å²) in [6.07, 6.45) is -15.7. The van der Waals surface area contributed by atoms with Crippen LogP contribution in [0, 0.1) is 0 Å². The van der Waals surface area contributed by atoms with Gasteiger partial charge in [0.05, 0.1) is 0 Å². The number of aliphatic hydroxyl groups is 8. The molecular formula is C15H24O14. The molecule has 2 aliphatic heterocycles. The molecule has 2 fully saturated rings. The number of aliphatic carboxylic acids is 1. The van der Waals surface area contributed by atoms with Gasteiger partial charge in [0.25, 0.3) is 0 Å². The Kier molecular flexibility index (Phi) is 9.50. The first-order valence-electron chi connectivity index (χ1n) is 8.19. The quantitative estimate of drug-likeness (QED) is 0.150. The highest BCUT2D eigenvalue weighted by Crippen LogP contribution is 2.21. The summed E-state index contributed by atoms with van der Waals surface area (Å²) in [5.74, 6) is -2.46. The fourth-order valence-electron chi connectivity index (χ4n) is 2.34. The topological polar surface area (TPSA) is 244 Å². The highest BCUT2D eigenvalue weighted by atomic mass is 16.7. The van der Waals surface area contributed by atoms with Crippen LogP contribution in [0.15, 0.2) is 12.7 Å². The van der Waals surface area contributed by atoms with Gasteiger partial charge < -0.3 is 60.2 Å². The van der Waals surface area contributed by atoms with Gasteiger partial charge >= 0.3 is 11.9 Å². The second kappa shape index (κ2) is 10.9. The van der Waals surface area contributed by atoms with E-state index in [-0.39, 0.29) is 6.61 Å². The summed E-state index contributed by atoms with van der Waals surface area (Å²) in [7, 11) is 0. The minimum absolute atomic E-state index is 0.0832. The zero-order valence-corrected chi connectivity index (χ0v) is 14.8. The van der Waals surface area contributed by atoms with Crippen molar-refractivity contribution in [3.8, 4) is 0 Å². The lowest BCUT2D eigenvalue weighted by atomic mass is 9.99. The summed E-state index contributed by atoms with van der Waals surface area (Å²) in [4.78, 5) is 21.7. The molecule has 0 amide bonds. The van der Waals surface area contributed by atoms with Crippen molar-refractivity contribution in [1.82, 2.24) is 0 Å². The first-order chi connectivity index (χ1) is 13.4. The van der Waals surface area contributed by atoms with E-state index in [0.717, 1.165) is 0 Å². The Balaban J connectivity index is 0.000000296. The van der Waals surface area contributed by atoms with Crippen molar-refractivity contribution < 1.29 is 69.8 Å². The maximum absolute atomic E-state index is 11.3. The van der Waals surface area contributed by atoms with Gasteiger partial charge in [0, 0.05) is 0 Å². The summed E-state index contributed by atoms with van der Waals surface area (Å²) < 4.78 is 13.6. The largest absolute Gasteiger partial charge is 0.479 e. The molecule has 14 heteroatoms. The van der Waals surface area contributed by atoms with Crippen LogP contribution in [0.5, 0.6) is 0 Å². The molecule has 168 valence electrons. The van der Waals surface area contributed by atoms with E-state index in [2.05, 4.69) is 20.8 Å². The highest BCUT2D eigenvalue weighted by Gasteiger charge is 2.47. The van der Waals surface area contributed by atoms with Crippen LogP contribution in [0.2, 0.25) is 0 Å². The molecular weight excluding hydrogens is 404 g/mol. The molecule has 0 radical (unpaired) electrons. The molecule has 0 bridgehead atoms. The predicted molar refractivity (Wildman–Crippen MR) is 86.6 cm³/mol. The molecule has 0 spiro atoms. The van der Waals surface area contributed by atoms with Crippen molar-refractivity contribution >= 4 is 11.9 Å². The van der Waals surface area contributed by atoms with Crippen LogP contribution in [0.25, 0.3) is 0 Å². The molecule has 2 unspecified atom stereocenters. The Morgan fingerprint density at radius 3 is 1.59 bits per heavy atom. The third kappa shape index (κ3) is 6.13. The van der Waals surface area contributed by atoms with Crippen molar-refractivity contribution in [2.45, 2.75) is 61.4 Å². The van der Waals surface area contributed by atoms with Gasteiger partial charge in [-0.05, 0) is 0 Å². The van der Waals surface area contributed by atoms with Gasteiger partial charge in [-0.2, -0.15) is 0 Å². The lowest BCUT2D eigenvalue weighted by molar-refractivity contribution is -0.280. The third-order valence-electron chi connectivity index (χ3n) is 4.00. The van der Waals surface area contributed by atoms with E-state index in [9.17, 15) is 19.8 Å². The van der Waals surface area contributed by atoms with Crippen LogP contribution in [0.4, 0.5) is 0 Å². The number of hydrogen-bond donors (Lipinski definition) is 9. The lowest BCUT2D eigenvalue weighted by Crippen LogP contribution is -2.59. The SMILES string of the molecule is C=CCOC(=O)[C@H]1OC(O)[C@H](O)[C@@H](O)[C@@H]1O.O=C(O)[C@H]1OC(O)[C@H](O)[C@@H](O)[C@@H]1O. The van der Waals surface area contributed by atoms with Gasteiger partial charge in [0.2, 0.25) is 0 Å². The zero-order chi connectivity index (χ0) is 22.5. The summed E-state index contributed by atoms with van der Waals surface area (Å²) in [6, 6.07) is 0. The van der Waals surface area contributed by atoms with E-state index in [1.54, 1.807) is 0 Å². The van der Waals surface area contributed by atoms with E-state index in [0.29, 0.717) is 0 Å². The Hall–Kier alpha value is -1.72. The van der Waals surface area contributed by atoms with E-state index < -0.39 is 73.4 Å². The smallest absolute Gasteiger partial charge is 0.338 e. The van der Waals surface area contributed by atoms with E-state index in [4.69, 9.17) is 35.7 Å². The first-order valence-corrected chi connectivity index (χ1v) is 8.19. The van der Waals surface area contributed by atoms with Crippen LogP contribution < -0.4 is 0 Å². The number of carboxylic acids is 1. The second-order valence-corrected chi connectivity index (χ2v) is 6.10. The number of aliphatic hydroxyl groups excluding tert-OH is 8. The average Bonchev–Trinajstić information content (AvgIpc) is 2.68. The molecule has 14 nitrogen and oxygen atoms in total. The molecule has 29 heavy (non-hydrogen) atoms. The number of ether oxygens (including phenoxy) is 3. The molecule has 2 heterocycles. The van der Waals surface area contributed by atoms with Gasteiger partial charge in [-0.25, -0.2) is 9.59 Å². The minimum Gasteiger partial charge on any atom is -0.479 e. The molecule has 0 aromatic carbocycles. The van der Waals surface area contributed by atoms with Crippen LogP contribution in [-0.4, -0.2) is 126 Å². The zero-order valence-electron chi connectivity index (χ0n) is 14.8. The molecule has 2 saturated heterocycles. The number of carboxylic acid groups (broad SMARTS) is 1.